The highest BCUT2D eigenvalue weighted by atomic mass is 16.3. The minimum Gasteiger partial charge on any atom is -0.508 e. The molecule has 6 heteroatoms. The molecule has 1 fully saturated rings. The van der Waals surface area contributed by atoms with Crippen LogP contribution in [0.2, 0.25) is 0 Å². The van der Waals surface area contributed by atoms with Crippen LogP contribution in [0.3, 0.4) is 0 Å². The van der Waals surface area contributed by atoms with Crippen molar-refractivity contribution in [1.82, 2.24) is 10.2 Å². The van der Waals surface area contributed by atoms with Crippen molar-refractivity contribution < 1.29 is 19.5 Å². The predicted molar refractivity (Wildman–Crippen MR) is 85.1 cm³/mol. The molecule has 1 aromatic carbocycles. The molecule has 1 aliphatic rings. The lowest BCUT2D eigenvalue weighted by Gasteiger charge is -2.32. The van der Waals surface area contributed by atoms with E-state index in [-0.39, 0.29) is 42.2 Å². The van der Waals surface area contributed by atoms with Crippen molar-refractivity contribution >= 4 is 17.6 Å². The molecule has 1 saturated heterocycles. The Morgan fingerprint density at radius 2 is 1.91 bits per heavy atom. The second-order valence-corrected chi connectivity index (χ2v) is 5.89. The van der Waals surface area contributed by atoms with Crippen LogP contribution in [0.25, 0.3) is 0 Å². The predicted octanol–water partition coefficient (Wildman–Crippen LogP) is 1.48. The van der Waals surface area contributed by atoms with Gasteiger partial charge >= 0.3 is 0 Å². The summed E-state index contributed by atoms with van der Waals surface area (Å²) in [7, 11) is 0. The van der Waals surface area contributed by atoms with Crippen molar-refractivity contribution in [2.45, 2.75) is 38.6 Å². The van der Waals surface area contributed by atoms with Gasteiger partial charge in [0, 0.05) is 37.5 Å². The van der Waals surface area contributed by atoms with E-state index in [1.54, 1.807) is 17.0 Å². The second kappa shape index (κ2) is 7.76. The van der Waals surface area contributed by atoms with Gasteiger partial charge in [-0.3, -0.25) is 9.59 Å². The molecule has 0 saturated carbocycles. The Labute approximate surface area is 135 Å². The molecular formula is C17H22N2O4. The van der Waals surface area contributed by atoms with Crippen LogP contribution >= 0.6 is 0 Å². The van der Waals surface area contributed by atoms with Gasteiger partial charge in [0.05, 0.1) is 0 Å². The zero-order valence-electron chi connectivity index (χ0n) is 13.2. The van der Waals surface area contributed by atoms with Crippen LogP contribution in [0.15, 0.2) is 24.3 Å². The van der Waals surface area contributed by atoms with E-state index in [1.165, 1.54) is 19.1 Å². The zero-order valence-corrected chi connectivity index (χ0v) is 13.2. The van der Waals surface area contributed by atoms with Crippen LogP contribution in [0.1, 0.15) is 43.0 Å². The van der Waals surface area contributed by atoms with Gasteiger partial charge in [0.2, 0.25) is 5.91 Å². The number of nitrogens with zero attached hydrogens (tertiary/aromatic N) is 1. The number of likely N-dealkylation sites (tertiary alicyclic amines) is 1. The number of hydrogen-bond acceptors (Lipinski definition) is 4. The number of benzene rings is 1. The van der Waals surface area contributed by atoms with Crippen LogP contribution in [0.4, 0.5) is 0 Å². The van der Waals surface area contributed by atoms with Crippen molar-refractivity contribution in [3.63, 3.8) is 0 Å². The molecule has 0 atom stereocenters. The first-order valence-corrected chi connectivity index (χ1v) is 7.83. The molecule has 0 bridgehead atoms. The highest BCUT2D eigenvalue weighted by molar-refractivity contribution is 5.94. The van der Waals surface area contributed by atoms with Crippen LogP contribution in [-0.2, 0) is 9.59 Å². The van der Waals surface area contributed by atoms with Gasteiger partial charge in [0.25, 0.3) is 5.91 Å². The normalized spacial score (nSPS) is 15.3. The molecule has 1 aliphatic heterocycles. The van der Waals surface area contributed by atoms with Gasteiger partial charge in [-0.05, 0) is 38.0 Å². The number of carbonyl (C=O) groups is 3. The Bertz CT molecular complexity index is 592. The fraction of sp³-hybridized carbons (Fsp3) is 0.471. The van der Waals surface area contributed by atoms with Crippen molar-refractivity contribution in [3.8, 4) is 5.75 Å². The van der Waals surface area contributed by atoms with Crippen LogP contribution in [0.5, 0.6) is 5.75 Å². The van der Waals surface area contributed by atoms with E-state index >= 15 is 0 Å². The summed E-state index contributed by atoms with van der Waals surface area (Å²) < 4.78 is 0. The largest absolute Gasteiger partial charge is 0.508 e. The third kappa shape index (κ3) is 5.09. The topological polar surface area (TPSA) is 86.7 Å². The quantitative estimate of drug-likeness (QED) is 0.861. The second-order valence-electron chi connectivity index (χ2n) is 5.89. The highest BCUT2D eigenvalue weighted by Crippen LogP contribution is 2.17. The van der Waals surface area contributed by atoms with E-state index in [2.05, 4.69) is 5.32 Å². The highest BCUT2D eigenvalue weighted by Gasteiger charge is 2.24. The number of rotatable bonds is 5. The molecule has 0 radical (unpaired) electrons. The number of amides is 2. The maximum Gasteiger partial charge on any atom is 0.253 e. The molecule has 1 heterocycles. The molecule has 0 aromatic heterocycles. The van der Waals surface area contributed by atoms with E-state index in [1.807, 2.05) is 0 Å². The number of aromatic hydroxyl groups is 1. The van der Waals surface area contributed by atoms with Gasteiger partial charge in [0.15, 0.2) is 0 Å². The third-order valence-electron chi connectivity index (χ3n) is 3.94. The van der Waals surface area contributed by atoms with Crippen molar-refractivity contribution in [2.24, 2.45) is 0 Å². The minimum absolute atomic E-state index is 0.00618. The number of piperidine rings is 1. The first-order chi connectivity index (χ1) is 11.0. The van der Waals surface area contributed by atoms with Crippen molar-refractivity contribution in [1.29, 1.82) is 0 Å². The summed E-state index contributed by atoms with van der Waals surface area (Å²) in [6, 6.07) is 6.35. The first-order valence-electron chi connectivity index (χ1n) is 7.83. The Balaban J connectivity index is 1.80. The lowest BCUT2D eigenvalue weighted by atomic mass is 10.0. The molecular weight excluding hydrogens is 296 g/mol. The molecule has 0 spiro atoms. The molecule has 1 aromatic rings. The lowest BCUT2D eigenvalue weighted by molar-refractivity contribution is -0.125. The summed E-state index contributed by atoms with van der Waals surface area (Å²) in [6.45, 7) is 2.59. The maximum atomic E-state index is 12.3. The molecule has 2 N–H and O–H groups in total. The lowest BCUT2D eigenvalue weighted by Crippen LogP contribution is -2.46. The molecule has 23 heavy (non-hydrogen) atoms. The molecule has 124 valence electrons. The average Bonchev–Trinajstić information content (AvgIpc) is 2.53. The van der Waals surface area contributed by atoms with E-state index in [4.69, 9.17) is 0 Å². The first kappa shape index (κ1) is 17.0. The summed E-state index contributed by atoms with van der Waals surface area (Å²) in [5.74, 6) is -0.143. The van der Waals surface area contributed by atoms with Gasteiger partial charge in [-0.1, -0.05) is 6.07 Å². The molecule has 6 nitrogen and oxygen atoms in total. The summed E-state index contributed by atoms with van der Waals surface area (Å²) in [6.07, 6.45) is 1.87. The number of nitrogens with one attached hydrogen (secondary N) is 1. The van der Waals surface area contributed by atoms with Crippen molar-refractivity contribution in [2.75, 3.05) is 13.1 Å². The standard InChI is InChI=1S/C17H22N2O4/c1-12(20)5-6-16(22)18-14-7-9-19(10-8-14)17(23)13-3-2-4-15(21)11-13/h2-4,11,14,21H,5-10H2,1H3,(H,18,22). The number of Topliss-reactive ketones (excluding diaryl/α,β-unsaturated/α-hetero) is 1. The van der Waals surface area contributed by atoms with Gasteiger partial charge in [-0.2, -0.15) is 0 Å². The zero-order chi connectivity index (χ0) is 16.8. The number of carbonyl (C=O) groups excluding carboxylic acids is 3. The third-order valence-corrected chi connectivity index (χ3v) is 3.94. The SMILES string of the molecule is CC(=O)CCC(=O)NC1CCN(C(=O)c2cccc(O)c2)CC1. The average molecular weight is 318 g/mol. The van der Waals surface area contributed by atoms with Gasteiger partial charge in [-0.25, -0.2) is 0 Å². The molecule has 0 unspecified atom stereocenters. The monoisotopic (exact) mass is 318 g/mol. The molecule has 2 rings (SSSR count). The van der Waals surface area contributed by atoms with Gasteiger partial charge in [-0.15, -0.1) is 0 Å². The summed E-state index contributed by atoms with van der Waals surface area (Å²) in [4.78, 5) is 36.7. The Kier molecular flexibility index (Phi) is 5.73. The van der Waals surface area contributed by atoms with E-state index in [0.29, 0.717) is 31.5 Å². The maximum absolute atomic E-state index is 12.3. The van der Waals surface area contributed by atoms with E-state index < -0.39 is 0 Å². The van der Waals surface area contributed by atoms with E-state index in [0.717, 1.165) is 0 Å². The van der Waals surface area contributed by atoms with Crippen molar-refractivity contribution in [3.05, 3.63) is 29.8 Å². The molecule has 0 aliphatic carbocycles. The Morgan fingerprint density at radius 1 is 1.22 bits per heavy atom. The van der Waals surface area contributed by atoms with Crippen LogP contribution < -0.4 is 5.32 Å². The van der Waals surface area contributed by atoms with Gasteiger partial charge in [0.1, 0.15) is 11.5 Å². The fourth-order valence-corrected chi connectivity index (χ4v) is 2.64. The van der Waals surface area contributed by atoms with Crippen LogP contribution in [0, 0.1) is 0 Å². The van der Waals surface area contributed by atoms with E-state index in [9.17, 15) is 19.5 Å². The smallest absolute Gasteiger partial charge is 0.253 e. The fourth-order valence-electron chi connectivity index (χ4n) is 2.64. The van der Waals surface area contributed by atoms with Gasteiger partial charge < -0.3 is 20.1 Å². The van der Waals surface area contributed by atoms with Crippen LogP contribution in [-0.4, -0.2) is 46.7 Å². The number of hydrogen-bond donors (Lipinski definition) is 2. The number of ketones is 1. The Hall–Kier alpha value is -2.37. The number of phenolic OH excluding ortho intramolecular Hbond substituents is 1. The molecule has 2 amide bonds. The number of phenols is 1. The summed E-state index contributed by atoms with van der Waals surface area (Å²) in [5, 5.41) is 12.4. The Morgan fingerprint density at radius 3 is 2.52 bits per heavy atom. The summed E-state index contributed by atoms with van der Waals surface area (Å²) in [5.41, 5.74) is 0.467. The minimum atomic E-state index is -0.113. The summed E-state index contributed by atoms with van der Waals surface area (Å²) >= 11 is 0.